The van der Waals surface area contributed by atoms with Gasteiger partial charge < -0.3 is 10.3 Å². The maximum absolute atomic E-state index is 5.96. The normalized spacial score (nSPS) is 11.9. The molecule has 30 heavy (non-hydrogen) atoms. The number of nitrogen functional groups attached to an aromatic ring is 1. The largest absolute Gasteiger partial charge is 0.399 e. The van der Waals surface area contributed by atoms with Gasteiger partial charge in [0.1, 0.15) is 0 Å². The van der Waals surface area contributed by atoms with Crippen LogP contribution in [0.3, 0.4) is 0 Å². The van der Waals surface area contributed by atoms with Crippen LogP contribution >= 0.6 is 0 Å². The van der Waals surface area contributed by atoms with Gasteiger partial charge in [0.2, 0.25) is 0 Å². The highest BCUT2D eigenvalue weighted by molar-refractivity contribution is 6.09. The van der Waals surface area contributed by atoms with E-state index in [1.807, 2.05) is 12.1 Å². The van der Waals surface area contributed by atoms with Crippen molar-refractivity contribution in [2.75, 3.05) is 5.73 Å². The van der Waals surface area contributed by atoms with Gasteiger partial charge in [-0.15, -0.1) is 0 Å². The maximum atomic E-state index is 5.96. The van der Waals surface area contributed by atoms with Crippen LogP contribution in [0.15, 0.2) is 60.7 Å². The zero-order valence-corrected chi connectivity index (χ0v) is 18.8. The Kier molecular flexibility index (Phi) is 5.85. The summed E-state index contributed by atoms with van der Waals surface area (Å²) in [6.07, 6.45) is 4.71. The molecule has 0 spiro atoms. The first-order chi connectivity index (χ1) is 14.6. The highest BCUT2D eigenvalue weighted by Gasteiger charge is 2.17. The van der Waals surface area contributed by atoms with Gasteiger partial charge in [-0.2, -0.15) is 0 Å². The van der Waals surface area contributed by atoms with Crippen LogP contribution in [0.5, 0.6) is 0 Å². The lowest BCUT2D eigenvalue weighted by Crippen LogP contribution is -1.97. The Bertz CT molecular complexity index is 1070. The molecule has 3 aromatic carbocycles. The van der Waals surface area contributed by atoms with Crippen LogP contribution < -0.4 is 5.73 Å². The van der Waals surface area contributed by atoms with Gasteiger partial charge >= 0.3 is 0 Å². The summed E-state index contributed by atoms with van der Waals surface area (Å²) < 4.78 is 2.39. The molecule has 0 saturated carbocycles. The van der Waals surface area contributed by atoms with Crippen molar-refractivity contribution in [2.24, 2.45) is 0 Å². The first-order valence-corrected chi connectivity index (χ1v) is 11.5. The molecule has 2 heteroatoms. The number of nitrogens with two attached hydrogens (primary N) is 1. The molecule has 0 saturated heterocycles. The molecule has 0 radical (unpaired) electrons. The van der Waals surface area contributed by atoms with E-state index in [4.69, 9.17) is 5.73 Å². The molecule has 0 atom stereocenters. The van der Waals surface area contributed by atoms with Gasteiger partial charge in [-0.25, -0.2) is 0 Å². The number of nitrogens with zero attached hydrogens (tertiary/aromatic N) is 1. The van der Waals surface area contributed by atoms with E-state index in [1.54, 1.807) is 0 Å². The summed E-state index contributed by atoms with van der Waals surface area (Å²) in [4.78, 5) is 0. The standard InChI is InChI=1S/C28H34N2/c1-5-19(6-2)21-9-15-27-25(17-21)26-18-22(20(7-3)8-4)10-16-28(26)30(27)24-13-11-23(29)12-14-24/h9-20H,5-8,29H2,1-4H3. The molecule has 4 aromatic rings. The van der Waals surface area contributed by atoms with E-state index in [0.717, 1.165) is 11.4 Å². The van der Waals surface area contributed by atoms with Crippen LogP contribution in [-0.4, -0.2) is 4.57 Å². The fourth-order valence-electron chi connectivity index (χ4n) is 4.99. The molecule has 156 valence electrons. The Morgan fingerprint density at radius 2 is 1.07 bits per heavy atom. The molecule has 0 aliphatic carbocycles. The van der Waals surface area contributed by atoms with Crippen molar-refractivity contribution in [1.82, 2.24) is 4.57 Å². The molecule has 0 fully saturated rings. The molecule has 2 N–H and O–H groups in total. The molecule has 0 bridgehead atoms. The summed E-state index contributed by atoms with van der Waals surface area (Å²) in [5, 5.41) is 2.72. The van der Waals surface area contributed by atoms with Crippen LogP contribution in [-0.2, 0) is 0 Å². The van der Waals surface area contributed by atoms with Gasteiger partial charge in [0.05, 0.1) is 11.0 Å². The fourth-order valence-corrected chi connectivity index (χ4v) is 4.99. The van der Waals surface area contributed by atoms with Crippen molar-refractivity contribution >= 4 is 27.5 Å². The number of fused-ring (bicyclic) bond motifs is 3. The molecule has 0 aliphatic rings. The molecule has 1 aromatic heterocycles. The minimum Gasteiger partial charge on any atom is -0.399 e. The molecule has 2 nitrogen and oxygen atoms in total. The SMILES string of the molecule is CCC(CC)c1ccc2c(c1)c1cc(C(CC)CC)ccc1n2-c1ccc(N)cc1. The zero-order valence-electron chi connectivity index (χ0n) is 18.8. The summed E-state index contributed by atoms with van der Waals surface area (Å²) in [7, 11) is 0. The van der Waals surface area contributed by atoms with Gasteiger partial charge in [0.25, 0.3) is 0 Å². The Hall–Kier alpha value is -2.74. The smallest absolute Gasteiger partial charge is 0.0541 e. The van der Waals surface area contributed by atoms with Gasteiger partial charge in [0.15, 0.2) is 0 Å². The number of aromatic nitrogens is 1. The minimum absolute atomic E-state index is 0.617. The van der Waals surface area contributed by atoms with E-state index in [1.165, 1.54) is 58.6 Å². The number of hydrogen-bond donors (Lipinski definition) is 1. The van der Waals surface area contributed by atoms with Gasteiger partial charge in [0, 0.05) is 22.1 Å². The van der Waals surface area contributed by atoms with Crippen LogP contribution in [0.2, 0.25) is 0 Å². The summed E-state index contributed by atoms with van der Waals surface area (Å²) >= 11 is 0. The first kappa shape index (κ1) is 20.5. The van der Waals surface area contributed by atoms with Crippen molar-refractivity contribution in [3.8, 4) is 5.69 Å². The highest BCUT2D eigenvalue weighted by atomic mass is 15.0. The second-order valence-electron chi connectivity index (χ2n) is 8.51. The molecular formula is C28H34N2. The van der Waals surface area contributed by atoms with E-state index in [0.29, 0.717) is 11.8 Å². The van der Waals surface area contributed by atoms with E-state index < -0.39 is 0 Å². The quantitative estimate of drug-likeness (QED) is 0.313. The van der Waals surface area contributed by atoms with E-state index in [-0.39, 0.29) is 0 Å². The summed E-state index contributed by atoms with van der Waals surface area (Å²) in [6, 6.07) is 22.4. The second kappa shape index (κ2) is 8.55. The lowest BCUT2D eigenvalue weighted by molar-refractivity contribution is 0.642. The third-order valence-corrected chi connectivity index (χ3v) is 6.88. The third kappa shape index (κ3) is 3.49. The van der Waals surface area contributed by atoms with Crippen LogP contribution in [0.4, 0.5) is 5.69 Å². The number of anilines is 1. The average Bonchev–Trinajstić information content (AvgIpc) is 3.09. The monoisotopic (exact) mass is 398 g/mol. The number of benzene rings is 3. The maximum Gasteiger partial charge on any atom is 0.0541 e. The highest BCUT2D eigenvalue weighted by Crippen LogP contribution is 2.37. The molecule has 0 aliphatic heterocycles. The van der Waals surface area contributed by atoms with Crippen molar-refractivity contribution in [1.29, 1.82) is 0 Å². The van der Waals surface area contributed by atoms with Crippen LogP contribution in [0.1, 0.15) is 76.3 Å². The number of hydrogen-bond acceptors (Lipinski definition) is 1. The lowest BCUT2D eigenvalue weighted by atomic mass is 9.91. The van der Waals surface area contributed by atoms with Gasteiger partial charge in [-0.1, -0.05) is 39.8 Å². The van der Waals surface area contributed by atoms with Gasteiger partial charge in [-0.05, 0) is 97.2 Å². The van der Waals surface area contributed by atoms with Crippen LogP contribution in [0.25, 0.3) is 27.5 Å². The fraction of sp³-hybridized carbons (Fsp3) is 0.357. The molecule has 4 rings (SSSR count). The average molecular weight is 399 g/mol. The molecular weight excluding hydrogens is 364 g/mol. The topological polar surface area (TPSA) is 30.9 Å². The van der Waals surface area contributed by atoms with Crippen molar-refractivity contribution in [3.05, 3.63) is 71.8 Å². The van der Waals surface area contributed by atoms with E-state index in [9.17, 15) is 0 Å². The first-order valence-electron chi connectivity index (χ1n) is 11.5. The summed E-state index contributed by atoms with van der Waals surface area (Å²) in [6.45, 7) is 9.17. The van der Waals surface area contributed by atoms with E-state index in [2.05, 4.69) is 80.8 Å². The lowest BCUT2D eigenvalue weighted by Gasteiger charge is -2.13. The van der Waals surface area contributed by atoms with Crippen molar-refractivity contribution in [3.63, 3.8) is 0 Å². The Morgan fingerprint density at radius 1 is 0.633 bits per heavy atom. The van der Waals surface area contributed by atoms with Crippen molar-refractivity contribution < 1.29 is 0 Å². The predicted octanol–water partition coefficient (Wildman–Crippen LogP) is 8.17. The summed E-state index contributed by atoms with van der Waals surface area (Å²) in [5.41, 5.74) is 13.4. The van der Waals surface area contributed by atoms with Gasteiger partial charge in [-0.3, -0.25) is 0 Å². The Balaban J connectivity index is 2.03. The Labute approximate surface area is 180 Å². The van der Waals surface area contributed by atoms with E-state index >= 15 is 0 Å². The van der Waals surface area contributed by atoms with Crippen LogP contribution in [0, 0.1) is 0 Å². The second-order valence-corrected chi connectivity index (χ2v) is 8.51. The molecule has 1 heterocycles. The number of rotatable bonds is 7. The predicted molar refractivity (Wildman–Crippen MR) is 132 cm³/mol. The third-order valence-electron chi connectivity index (χ3n) is 6.88. The molecule has 0 amide bonds. The zero-order chi connectivity index (χ0) is 21.3. The van der Waals surface area contributed by atoms with Crippen molar-refractivity contribution in [2.45, 2.75) is 65.2 Å². The minimum atomic E-state index is 0.617. The molecule has 0 unspecified atom stereocenters. The Morgan fingerprint density at radius 3 is 1.47 bits per heavy atom. The summed E-state index contributed by atoms with van der Waals surface area (Å²) in [5.74, 6) is 1.23.